The molecule has 2 aliphatic heterocycles. The Hall–Kier alpha value is -12.4. The van der Waals surface area contributed by atoms with Crippen LogP contribution in [0.3, 0.4) is 0 Å². The molecular formula is C110H95BN4. The topological polar surface area (TPSA) is 16.3 Å². The number of benzene rings is 15. The third-order valence-corrected chi connectivity index (χ3v) is 27.0. The summed E-state index contributed by atoms with van der Waals surface area (Å²) in [6.45, 7) is 26.3. The van der Waals surface area contributed by atoms with Crippen molar-refractivity contribution < 1.29 is 0 Å². The van der Waals surface area contributed by atoms with Gasteiger partial charge in [0, 0.05) is 61.4 Å². The molecule has 0 saturated heterocycles. The van der Waals surface area contributed by atoms with Crippen LogP contribution in [0.25, 0.3) is 122 Å². The number of rotatable bonds is 10. The van der Waals surface area contributed by atoms with Gasteiger partial charge in [0.05, 0.1) is 27.8 Å². The van der Waals surface area contributed by atoms with Crippen LogP contribution in [0.2, 0.25) is 0 Å². The van der Waals surface area contributed by atoms with Gasteiger partial charge in [-0.25, -0.2) is 0 Å². The lowest BCUT2D eigenvalue weighted by atomic mass is 9.33. The normalized spacial score (nSPS) is 15.5. The summed E-state index contributed by atoms with van der Waals surface area (Å²) >= 11 is 0. The minimum atomic E-state index is -0.219. The Morgan fingerprint density at radius 2 is 0.617 bits per heavy atom. The fourth-order valence-corrected chi connectivity index (χ4v) is 20.5. The SMILES string of the molecule is CC(C)(C)c1ccccc1-c1ccc2c(c1)B1c3ccc(-n4c5ccccc5c5cc(-c6ccccc6)ccc54)cc3N(c3ccc(-c4ccc5c(c4)C(C)(C)CCC5(C)C)cc3)c3cc(-n4c5ccc(-c6ccccc6)cc5c5cc(-c6ccccc6)ccc54)cc(c31)N2c1ccc(-c2ccc3c(c2)C(C)(C)CCC3(C)C)cc1. The molecule has 0 saturated carbocycles. The maximum absolute atomic E-state index is 2.65. The van der Waals surface area contributed by atoms with E-state index in [4.69, 9.17) is 0 Å². The maximum atomic E-state index is 2.65. The van der Waals surface area contributed by atoms with Crippen LogP contribution in [-0.4, -0.2) is 15.8 Å². The summed E-state index contributed by atoms with van der Waals surface area (Å²) in [6.07, 6.45) is 4.67. The Morgan fingerprint density at radius 1 is 0.252 bits per heavy atom. The van der Waals surface area contributed by atoms with Crippen molar-refractivity contribution in [3.05, 3.63) is 355 Å². The summed E-state index contributed by atoms with van der Waals surface area (Å²) in [4.78, 5) is 5.28. The van der Waals surface area contributed by atoms with Crippen LogP contribution in [0.15, 0.2) is 328 Å². The molecule has 4 nitrogen and oxygen atoms in total. The van der Waals surface area contributed by atoms with Crippen LogP contribution in [0.4, 0.5) is 34.1 Å². The molecule has 0 unspecified atom stereocenters. The molecule has 0 atom stereocenters. The number of para-hydroxylation sites is 1. The minimum Gasteiger partial charge on any atom is -0.311 e. The predicted molar refractivity (Wildman–Crippen MR) is 491 cm³/mol. The average molecular weight is 1480 g/mol. The van der Waals surface area contributed by atoms with Gasteiger partial charge in [-0.3, -0.25) is 0 Å². The Bertz CT molecular complexity index is 6710. The second-order valence-corrected chi connectivity index (χ2v) is 36.9. The van der Waals surface area contributed by atoms with Gasteiger partial charge in [0.15, 0.2) is 0 Å². The van der Waals surface area contributed by atoms with E-state index in [0.29, 0.717) is 0 Å². The van der Waals surface area contributed by atoms with E-state index in [1.807, 2.05) is 0 Å². The van der Waals surface area contributed by atoms with Gasteiger partial charge >= 0.3 is 0 Å². The molecule has 0 fully saturated rings. The zero-order valence-electron chi connectivity index (χ0n) is 67.9. The summed E-state index contributed by atoms with van der Waals surface area (Å²) < 4.78 is 5.10. The van der Waals surface area contributed by atoms with E-state index in [1.54, 1.807) is 0 Å². The molecule has 0 bridgehead atoms. The van der Waals surface area contributed by atoms with Crippen LogP contribution in [-0.2, 0) is 27.1 Å². The number of anilines is 6. The van der Waals surface area contributed by atoms with E-state index in [2.05, 4.69) is 423 Å². The summed E-state index contributed by atoms with van der Waals surface area (Å²) in [7, 11) is 0. The van der Waals surface area contributed by atoms with Gasteiger partial charge in [-0.05, 0) is 261 Å². The average Bonchev–Trinajstić information content (AvgIpc) is 1.56. The Morgan fingerprint density at radius 3 is 1.11 bits per heavy atom. The van der Waals surface area contributed by atoms with Crippen molar-refractivity contribution in [2.75, 3.05) is 9.80 Å². The van der Waals surface area contributed by atoms with Crippen LogP contribution < -0.4 is 26.2 Å². The van der Waals surface area contributed by atoms with Gasteiger partial charge in [0.25, 0.3) is 6.71 Å². The first-order chi connectivity index (χ1) is 55.6. The van der Waals surface area contributed by atoms with Crippen LogP contribution in [0, 0.1) is 0 Å². The lowest BCUT2D eigenvalue weighted by molar-refractivity contribution is 0.332. The van der Waals surface area contributed by atoms with Crippen molar-refractivity contribution in [1.82, 2.24) is 9.13 Å². The zero-order chi connectivity index (χ0) is 78.2. The van der Waals surface area contributed by atoms with Crippen molar-refractivity contribution in [2.24, 2.45) is 0 Å². The predicted octanol–water partition coefficient (Wildman–Crippen LogP) is 28.0. The summed E-state index contributed by atoms with van der Waals surface area (Å²) in [5.74, 6) is 0. The zero-order valence-corrected chi connectivity index (χ0v) is 67.9. The van der Waals surface area contributed by atoms with Gasteiger partial charge in [-0.15, -0.1) is 0 Å². The molecule has 17 aromatic rings. The number of nitrogens with zero attached hydrogens (tertiary/aromatic N) is 4. The first-order valence-electron chi connectivity index (χ1n) is 41.6. The van der Waals surface area contributed by atoms with E-state index in [9.17, 15) is 0 Å². The van der Waals surface area contributed by atoms with Gasteiger partial charge in [-0.2, -0.15) is 0 Å². The molecule has 5 heteroatoms. The molecule has 2 aromatic heterocycles. The van der Waals surface area contributed by atoms with E-state index >= 15 is 0 Å². The van der Waals surface area contributed by atoms with Crippen LogP contribution in [0.5, 0.6) is 0 Å². The van der Waals surface area contributed by atoms with Crippen molar-refractivity contribution in [1.29, 1.82) is 0 Å². The molecule has 0 N–H and O–H groups in total. The van der Waals surface area contributed by atoms with Gasteiger partial charge in [0.2, 0.25) is 0 Å². The monoisotopic (exact) mass is 1480 g/mol. The molecule has 2 aliphatic carbocycles. The molecule has 4 aliphatic rings. The van der Waals surface area contributed by atoms with E-state index < -0.39 is 0 Å². The first-order valence-corrected chi connectivity index (χ1v) is 41.6. The highest BCUT2D eigenvalue weighted by Gasteiger charge is 2.46. The third kappa shape index (κ3) is 11.4. The fraction of sp³-hybridized carbons (Fsp3) is 0.182. The van der Waals surface area contributed by atoms with Gasteiger partial charge < -0.3 is 18.9 Å². The smallest absolute Gasteiger partial charge is 0.252 e. The van der Waals surface area contributed by atoms with Crippen molar-refractivity contribution in [3.8, 4) is 78.1 Å². The van der Waals surface area contributed by atoms with Crippen molar-refractivity contribution in [3.63, 3.8) is 0 Å². The molecule has 21 rings (SSSR count). The van der Waals surface area contributed by atoms with Crippen LogP contribution >= 0.6 is 0 Å². The highest BCUT2D eigenvalue weighted by atomic mass is 15.2. The highest BCUT2D eigenvalue weighted by Crippen LogP contribution is 2.53. The molecule has 115 heavy (non-hydrogen) atoms. The molecule has 558 valence electrons. The van der Waals surface area contributed by atoms with Gasteiger partial charge in [-0.1, -0.05) is 307 Å². The minimum absolute atomic E-state index is 0.0593. The summed E-state index contributed by atoms with van der Waals surface area (Å²) in [5.41, 5.74) is 39.3. The standard InChI is InChI=1S/C110H95BN4/c1-106(2,3)90-33-23-21-31-85(90)80-44-56-101-96(66-80)111-95-52-49-83(114-97-34-24-22-32-86(97)87-61-75(41-53-98(87)114)70-25-15-12-16-26-70)67-102(95)113(82-47-37-74(38-48-82)79-40-51-92-94(65-79)110(10,11)60-58-108(92,6)7)104-69-84(68-103(105(104)111)112(101)81-45-35-73(36-46-81)78-39-50-91-93(64-78)109(8,9)59-57-107(91,4)5)115-99-54-42-76(71-27-17-13-18-28-71)62-88(99)89-63-77(43-55-100(89)115)72-29-19-14-20-30-72/h12-56,61-69H,57-60H2,1-11H3. The second-order valence-electron chi connectivity index (χ2n) is 36.9. The Labute approximate surface area is 677 Å². The molecule has 15 aromatic carbocycles. The molecule has 0 radical (unpaired) electrons. The second kappa shape index (κ2) is 26.1. The number of fused-ring (bicyclic) bond motifs is 12. The molecule has 4 heterocycles. The fourth-order valence-electron chi connectivity index (χ4n) is 20.5. The lowest BCUT2D eigenvalue weighted by Crippen LogP contribution is -2.61. The largest absolute Gasteiger partial charge is 0.311 e. The molecule has 0 spiro atoms. The van der Waals surface area contributed by atoms with E-state index in [0.717, 1.165) is 74.9 Å². The summed E-state index contributed by atoms with van der Waals surface area (Å²) in [5, 5.41) is 4.85. The molecular weight excluding hydrogens is 1390 g/mol. The third-order valence-electron chi connectivity index (χ3n) is 27.0. The van der Waals surface area contributed by atoms with Crippen molar-refractivity contribution >= 4 is 101 Å². The Balaban J connectivity index is 0.856. The number of aromatic nitrogens is 2. The number of hydrogen-bond acceptors (Lipinski definition) is 2. The molecule has 0 amide bonds. The first kappa shape index (κ1) is 70.4. The van der Waals surface area contributed by atoms with Gasteiger partial charge in [0.1, 0.15) is 0 Å². The number of hydrogen-bond donors (Lipinski definition) is 0. The quantitative estimate of drug-likeness (QED) is 0.127. The van der Waals surface area contributed by atoms with Crippen LogP contribution in [0.1, 0.15) is 130 Å². The van der Waals surface area contributed by atoms with E-state index in [1.165, 1.54) is 151 Å². The Kier molecular flexibility index (Phi) is 16.0. The maximum Gasteiger partial charge on any atom is 0.252 e. The lowest BCUT2D eigenvalue weighted by Gasteiger charge is -2.45. The van der Waals surface area contributed by atoms with E-state index in [-0.39, 0.29) is 33.8 Å². The summed E-state index contributed by atoms with van der Waals surface area (Å²) in [6, 6.07) is 126. The van der Waals surface area contributed by atoms with Crippen molar-refractivity contribution in [2.45, 2.75) is 129 Å². The highest BCUT2D eigenvalue weighted by molar-refractivity contribution is 7.00.